The molecule has 0 aliphatic heterocycles. The maximum Gasteiger partial charge on any atom is 0.277 e. The van der Waals surface area contributed by atoms with E-state index in [9.17, 15) is 15.0 Å². The lowest BCUT2D eigenvalue weighted by Crippen LogP contribution is -2.24. The predicted octanol–water partition coefficient (Wildman–Crippen LogP) is 3.95. The first-order valence-corrected chi connectivity index (χ1v) is 8.72. The van der Waals surface area contributed by atoms with Crippen LogP contribution in [0.25, 0.3) is 11.1 Å². The molecule has 0 fully saturated rings. The molecule has 3 aromatic carbocycles. The SMILES string of the molecule is O=C(COc1ccc(-c2ccccc2)cc1)N/N=C/c1cc(O)c(O)c(Cl)c1. The van der Waals surface area contributed by atoms with E-state index in [0.29, 0.717) is 11.3 Å². The number of nitrogens with zero attached hydrogens (tertiary/aromatic N) is 1. The molecule has 0 heterocycles. The predicted molar refractivity (Wildman–Crippen MR) is 108 cm³/mol. The minimum Gasteiger partial charge on any atom is -0.504 e. The van der Waals surface area contributed by atoms with Crippen LogP contribution in [0.4, 0.5) is 0 Å². The van der Waals surface area contributed by atoms with Gasteiger partial charge in [0.15, 0.2) is 18.1 Å². The van der Waals surface area contributed by atoms with Crippen molar-refractivity contribution in [1.82, 2.24) is 5.43 Å². The fraction of sp³-hybridized carbons (Fsp3) is 0.0476. The van der Waals surface area contributed by atoms with Gasteiger partial charge in [-0.05, 0) is 41.0 Å². The van der Waals surface area contributed by atoms with Crippen LogP contribution >= 0.6 is 11.6 Å². The lowest BCUT2D eigenvalue weighted by Gasteiger charge is -2.07. The summed E-state index contributed by atoms with van der Waals surface area (Å²) >= 11 is 5.75. The summed E-state index contributed by atoms with van der Waals surface area (Å²) in [5, 5.41) is 22.6. The van der Waals surface area contributed by atoms with Crippen LogP contribution in [0.2, 0.25) is 5.02 Å². The third-order valence-electron chi connectivity index (χ3n) is 3.80. The van der Waals surface area contributed by atoms with E-state index in [0.717, 1.165) is 11.1 Å². The van der Waals surface area contributed by atoms with E-state index in [1.807, 2.05) is 42.5 Å². The van der Waals surface area contributed by atoms with Crippen LogP contribution in [0.1, 0.15) is 5.56 Å². The number of carbonyl (C=O) groups is 1. The minimum atomic E-state index is -0.447. The fourth-order valence-corrected chi connectivity index (χ4v) is 2.64. The third kappa shape index (κ3) is 5.02. The zero-order valence-electron chi connectivity index (χ0n) is 14.7. The Hall–Kier alpha value is -3.51. The van der Waals surface area contributed by atoms with Crippen LogP contribution in [0.3, 0.4) is 0 Å². The number of benzene rings is 3. The van der Waals surface area contributed by atoms with Crippen molar-refractivity contribution in [3.05, 3.63) is 77.3 Å². The smallest absolute Gasteiger partial charge is 0.277 e. The molecule has 3 rings (SSSR count). The van der Waals surface area contributed by atoms with Crippen molar-refractivity contribution in [3.63, 3.8) is 0 Å². The fourth-order valence-electron chi connectivity index (χ4n) is 2.41. The Morgan fingerprint density at radius 2 is 1.71 bits per heavy atom. The Bertz CT molecular complexity index is 966. The highest BCUT2D eigenvalue weighted by atomic mass is 35.5. The van der Waals surface area contributed by atoms with Gasteiger partial charge < -0.3 is 14.9 Å². The zero-order chi connectivity index (χ0) is 19.9. The van der Waals surface area contributed by atoms with Gasteiger partial charge in [0, 0.05) is 0 Å². The molecule has 0 saturated carbocycles. The van der Waals surface area contributed by atoms with E-state index < -0.39 is 11.7 Å². The molecule has 0 radical (unpaired) electrons. The summed E-state index contributed by atoms with van der Waals surface area (Å²) < 4.78 is 5.44. The van der Waals surface area contributed by atoms with Crippen molar-refractivity contribution in [1.29, 1.82) is 0 Å². The molecular formula is C21H17ClN2O4. The highest BCUT2D eigenvalue weighted by molar-refractivity contribution is 6.32. The Kier molecular flexibility index (Phi) is 6.14. The molecule has 28 heavy (non-hydrogen) atoms. The van der Waals surface area contributed by atoms with Gasteiger partial charge in [-0.25, -0.2) is 5.43 Å². The molecule has 1 amide bonds. The van der Waals surface area contributed by atoms with Gasteiger partial charge in [0.25, 0.3) is 5.91 Å². The Morgan fingerprint density at radius 1 is 1.04 bits per heavy atom. The van der Waals surface area contributed by atoms with E-state index in [1.54, 1.807) is 12.1 Å². The van der Waals surface area contributed by atoms with Crippen LogP contribution in [-0.4, -0.2) is 28.9 Å². The van der Waals surface area contributed by atoms with Gasteiger partial charge in [0.2, 0.25) is 0 Å². The summed E-state index contributed by atoms with van der Waals surface area (Å²) in [5.74, 6) is -0.663. The summed E-state index contributed by atoms with van der Waals surface area (Å²) in [6, 6.07) is 20.0. The number of nitrogens with one attached hydrogen (secondary N) is 1. The highest BCUT2D eigenvalue weighted by Gasteiger charge is 2.06. The zero-order valence-corrected chi connectivity index (χ0v) is 15.4. The average molecular weight is 397 g/mol. The van der Waals surface area contributed by atoms with Crippen LogP contribution in [0.5, 0.6) is 17.2 Å². The monoisotopic (exact) mass is 396 g/mol. The van der Waals surface area contributed by atoms with Gasteiger partial charge >= 0.3 is 0 Å². The molecule has 0 aliphatic carbocycles. The molecule has 0 spiro atoms. The van der Waals surface area contributed by atoms with Gasteiger partial charge in [0.1, 0.15) is 5.75 Å². The van der Waals surface area contributed by atoms with E-state index in [1.165, 1.54) is 18.3 Å². The van der Waals surface area contributed by atoms with Crippen molar-refractivity contribution in [2.45, 2.75) is 0 Å². The summed E-state index contributed by atoms with van der Waals surface area (Å²) in [6.07, 6.45) is 1.29. The standard InChI is InChI=1S/C21H17ClN2O4/c22-18-10-14(11-19(25)21(18)27)12-23-24-20(26)13-28-17-8-6-16(7-9-17)15-4-2-1-3-5-15/h1-12,25,27H,13H2,(H,24,26)/b23-12+. The number of phenols is 2. The summed E-state index contributed by atoms with van der Waals surface area (Å²) in [6.45, 7) is -0.205. The van der Waals surface area contributed by atoms with Crippen molar-refractivity contribution in [3.8, 4) is 28.4 Å². The van der Waals surface area contributed by atoms with Crippen LogP contribution < -0.4 is 10.2 Å². The molecule has 0 saturated heterocycles. The first-order chi connectivity index (χ1) is 13.5. The lowest BCUT2D eigenvalue weighted by molar-refractivity contribution is -0.123. The number of ether oxygens (including phenoxy) is 1. The second-order valence-electron chi connectivity index (χ2n) is 5.84. The summed E-state index contributed by atoms with van der Waals surface area (Å²) in [7, 11) is 0. The number of phenolic OH excluding ortho intramolecular Hbond substituents is 2. The summed E-state index contributed by atoms with van der Waals surface area (Å²) in [5.41, 5.74) is 4.88. The third-order valence-corrected chi connectivity index (χ3v) is 4.09. The largest absolute Gasteiger partial charge is 0.504 e. The molecule has 3 N–H and O–H groups in total. The van der Waals surface area contributed by atoms with E-state index in [-0.39, 0.29) is 17.4 Å². The van der Waals surface area contributed by atoms with E-state index in [2.05, 4.69) is 10.5 Å². The number of aromatic hydroxyl groups is 2. The Labute approximate surface area is 166 Å². The molecular weight excluding hydrogens is 380 g/mol. The van der Waals surface area contributed by atoms with E-state index in [4.69, 9.17) is 16.3 Å². The normalized spacial score (nSPS) is 10.8. The minimum absolute atomic E-state index is 0.0185. The van der Waals surface area contributed by atoms with Crippen molar-refractivity contribution >= 4 is 23.7 Å². The first kappa shape index (κ1) is 19.3. The molecule has 3 aromatic rings. The maximum atomic E-state index is 11.8. The number of hydrogen-bond acceptors (Lipinski definition) is 5. The van der Waals surface area contributed by atoms with Crippen molar-refractivity contribution < 1.29 is 19.7 Å². The number of hydrogen-bond donors (Lipinski definition) is 3. The van der Waals surface area contributed by atoms with Gasteiger partial charge in [-0.1, -0.05) is 54.1 Å². The Morgan fingerprint density at radius 3 is 2.39 bits per heavy atom. The second kappa shape index (κ2) is 8.92. The molecule has 0 aromatic heterocycles. The van der Waals surface area contributed by atoms with Crippen molar-refractivity contribution in [2.75, 3.05) is 6.61 Å². The first-order valence-electron chi connectivity index (χ1n) is 8.34. The number of amides is 1. The van der Waals surface area contributed by atoms with Gasteiger partial charge in [-0.2, -0.15) is 5.10 Å². The maximum absolute atomic E-state index is 11.8. The van der Waals surface area contributed by atoms with Crippen LogP contribution in [0, 0.1) is 0 Å². The van der Waals surface area contributed by atoms with Crippen molar-refractivity contribution in [2.24, 2.45) is 5.10 Å². The highest BCUT2D eigenvalue weighted by Crippen LogP contribution is 2.33. The molecule has 6 nitrogen and oxygen atoms in total. The summed E-state index contributed by atoms with van der Waals surface area (Å²) in [4.78, 5) is 11.8. The molecule has 0 atom stereocenters. The quantitative estimate of drug-likeness (QED) is 0.334. The van der Waals surface area contributed by atoms with Crippen LogP contribution in [-0.2, 0) is 4.79 Å². The number of rotatable bonds is 6. The van der Waals surface area contributed by atoms with E-state index >= 15 is 0 Å². The average Bonchev–Trinajstić information content (AvgIpc) is 2.71. The lowest BCUT2D eigenvalue weighted by atomic mass is 10.1. The topological polar surface area (TPSA) is 91.2 Å². The molecule has 142 valence electrons. The number of halogens is 1. The molecule has 0 bridgehead atoms. The second-order valence-corrected chi connectivity index (χ2v) is 6.25. The number of hydrazone groups is 1. The van der Waals surface area contributed by atoms with Crippen LogP contribution in [0.15, 0.2) is 71.8 Å². The van der Waals surface area contributed by atoms with Gasteiger partial charge in [0.05, 0.1) is 11.2 Å². The van der Waals surface area contributed by atoms with Gasteiger partial charge in [-0.3, -0.25) is 4.79 Å². The molecule has 7 heteroatoms. The number of carbonyl (C=O) groups excluding carboxylic acids is 1. The molecule has 0 aliphatic rings. The van der Waals surface area contributed by atoms with Gasteiger partial charge in [-0.15, -0.1) is 0 Å². The Balaban J connectivity index is 1.50. The molecule has 0 unspecified atom stereocenters.